The number of anilines is 1. The zero-order valence-corrected chi connectivity index (χ0v) is 12.8. The van der Waals surface area contributed by atoms with E-state index in [9.17, 15) is 14.9 Å². The van der Waals surface area contributed by atoms with Crippen molar-refractivity contribution in [2.45, 2.75) is 6.92 Å². The van der Waals surface area contributed by atoms with E-state index in [-0.39, 0.29) is 22.3 Å². The van der Waals surface area contributed by atoms with Gasteiger partial charge in [0.2, 0.25) is 5.76 Å². The Morgan fingerprint density at radius 1 is 1.43 bits per heavy atom. The summed E-state index contributed by atoms with van der Waals surface area (Å²) in [6.45, 7) is 1.70. The summed E-state index contributed by atoms with van der Waals surface area (Å²) in [5.74, 6) is -0.181. The number of benzene rings is 1. The van der Waals surface area contributed by atoms with Gasteiger partial charge in [0.15, 0.2) is 10.9 Å². The Labute approximate surface area is 133 Å². The molecule has 0 unspecified atom stereocenters. The third kappa shape index (κ3) is 2.83. The smallest absolute Gasteiger partial charge is 0.296 e. The molecule has 9 nitrogen and oxygen atoms in total. The molecular formula is C13H10N4O5S. The lowest BCUT2D eigenvalue weighted by atomic mass is 10.3. The number of ether oxygens (including phenoxy) is 1. The molecule has 0 spiro atoms. The van der Waals surface area contributed by atoms with Gasteiger partial charge in [0.1, 0.15) is 5.52 Å². The van der Waals surface area contributed by atoms with Crippen LogP contribution in [-0.2, 0) is 0 Å². The minimum atomic E-state index is -0.517. The van der Waals surface area contributed by atoms with Crippen LogP contribution < -0.4 is 10.1 Å². The van der Waals surface area contributed by atoms with Gasteiger partial charge in [-0.15, -0.1) is 0 Å². The lowest BCUT2D eigenvalue weighted by Crippen LogP contribution is -2.10. The zero-order chi connectivity index (χ0) is 16.6. The van der Waals surface area contributed by atoms with Crippen molar-refractivity contribution in [3.63, 3.8) is 0 Å². The molecule has 118 valence electrons. The van der Waals surface area contributed by atoms with E-state index < -0.39 is 10.8 Å². The first-order valence-corrected chi connectivity index (χ1v) is 7.17. The van der Waals surface area contributed by atoms with Crippen molar-refractivity contribution >= 4 is 38.3 Å². The van der Waals surface area contributed by atoms with E-state index >= 15 is 0 Å². The van der Waals surface area contributed by atoms with E-state index in [1.807, 2.05) is 0 Å². The molecule has 0 saturated carbocycles. The summed E-state index contributed by atoms with van der Waals surface area (Å²) < 4.78 is 10.5. The van der Waals surface area contributed by atoms with E-state index in [0.717, 1.165) is 11.3 Å². The van der Waals surface area contributed by atoms with E-state index in [1.54, 1.807) is 6.92 Å². The van der Waals surface area contributed by atoms with Gasteiger partial charge in [0.25, 0.3) is 11.6 Å². The Morgan fingerprint density at radius 2 is 2.22 bits per heavy atom. The van der Waals surface area contributed by atoms with Crippen LogP contribution in [0.4, 0.5) is 10.8 Å². The molecule has 0 bridgehead atoms. The van der Waals surface area contributed by atoms with Crippen LogP contribution in [0.15, 0.2) is 22.7 Å². The summed E-state index contributed by atoms with van der Waals surface area (Å²) in [6, 6.07) is 4.16. The molecule has 0 aliphatic heterocycles. The predicted octanol–water partition coefficient (Wildman–Crippen LogP) is 2.76. The normalized spacial score (nSPS) is 10.7. The number of nitrogens with zero attached hydrogens (tertiary/aromatic N) is 3. The minimum Gasteiger partial charge on any atom is -0.494 e. The average molecular weight is 334 g/mol. The van der Waals surface area contributed by atoms with E-state index in [2.05, 4.69) is 15.5 Å². The highest BCUT2D eigenvalue weighted by Crippen LogP contribution is 2.36. The first kappa shape index (κ1) is 14.9. The number of nitro benzene ring substituents is 1. The van der Waals surface area contributed by atoms with Gasteiger partial charge in [0, 0.05) is 12.1 Å². The molecule has 10 heteroatoms. The molecule has 0 saturated heterocycles. The summed E-state index contributed by atoms with van der Waals surface area (Å²) in [6.07, 6.45) is 0. The first-order valence-electron chi connectivity index (χ1n) is 6.35. The highest BCUT2D eigenvalue weighted by atomic mass is 32.1. The SMILES string of the molecule is COc1cc([N+](=O)[O-])cc2sc(NC(=O)c3cc(C)no3)nc12. The largest absolute Gasteiger partial charge is 0.494 e. The third-order valence-electron chi connectivity index (χ3n) is 2.95. The second kappa shape index (κ2) is 5.65. The fourth-order valence-electron chi connectivity index (χ4n) is 1.93. The van der Waals surface area contributed by atoms with Gasteiger partial charge < -0.3 is 9.26 Å². The number of rotatable bonds is 4. The maximum Gasteiger partial charge on any atom is 0.296 e. The molecule has 1 aromatic carbocycles. The fourth-order valence-corrected chi connectivity index (χ4v) is 2.84. The average Bonchev–Trinajstić information content (AvgIpc) is 3.11. The number of fused-ring (bicyclic) bond motifs is 1. The minimum absolute atomic E-state index is 0.0553. The second-order valence-corrected chi connectivity index (χ2v) is 5.59. The van der Waals surface area contributed by atoms with Crippen LogP contribution in [0.25, 0.3) is 10.2 Å². The first-order chi connectivity index (χ1) is 11.0. The standard InChI is InChI=1S/C13H10N4O5S/c1-6-3-9(22-16-6)12(18)15-13-14-11-8(21-2)4-7(17(19)20)5-10(11)23-13/h3-5H,1-2H3,(H,14,15,18). The summed E-state index contributed by atoms with van der Waals surface area (Å²) in [7, 11) is 1.40. The summed E-state index contributed by atoms with van der Waals surface area (Å²) in [4.78, 5) is 26.7. The maximum atomic E-state index is 12.0. The molecule has 0 fully saturated rings. The van der Waals surface area contributed by atoms with Crippen molar-refractivity contribution in [1.29, 1.82) is 0 Å². The van der Waals surface area contributed by atoms with Crippen LogP contribution in [0.1, 0.15) is 16.2 Å². The number of hydrogen-bond donors (Lipinski definition) is 1. The van der Waals surface area contributed by atoms with Crippen LogP contribution in [0.3, 0.4) is 0 Å². The number of non-ortho nitro benzene ring substituents is 1. The highest BCUT2D eigenvalue weighted by Gasteiger charge is 2.18. The van der Waals surface area contributed by atoms with Crippen LogP contribution in [0.2, 0.25) is 0 Å². The Bertz CT molecular complexity index is 916. The van der Waals surface area contributed by atoms with Crippen LogP contribution in [0.5, 0.6) is 5.75 Å². The van der Waals surface area contributed by atoms with Crippen molar-refractivity contribution in [3.05, 3.63) is 39.8 Å². The molecule has 0 atom stereocenters. The fraction of sp³-hybridized carbons (Fsp3) is 0.154. The van der Waals surface area contributed by atoms with E-state index in [4.69, 9.17) is 9.26 Å². The Balaban J connectivity index is 1.96. The van der Waals surface area contributed by atoms with Crippen molar-refractivity contribution in [2.24, 2.45) is 0 Å². The Kier molecular flexibility index (Phi) is 3.66. The molecule has 23 heavy (non-hydrogen) atoms. The lowest BCUT2D eigenvalue weighted by molar-refractivity contribution is -0.384. The molecule has 1 amide bonds. The number of thiazole rings is 1. The summed E-state index contributed by atoms with van der Waals surface area (Å²) >= 11 is 1.10. The number of nitro groups is 1. The Morgan fingerprint density at radius 3 is 2.83 bits per heavy atom. The van der Waals surface area contributed by atoms with Gasteiger partial charge in [-0.3, -0.25) is 20.2 Å². The number of amides is 1. The van der Waals surface area contributed by atoms with Gasteiger partial charge in [-0.05, 0) is 6.92 Å². The molecule has 2 aromatic heterocycles. The number of carbonyl (C=O) groups is 1. The number of aromatic nitrogens is 2. The summed E-state index contributed by atoms with van der Waals surface area (Å²) in [5.41, 5.74) is 0.908. The van der Waals surface area contributed by atoms with Crippen molar-refractivity contribution in [2.75, 3.05) is 12.4 Å². The topological polar surface area (TPSA) is 120 Å². The van der Waals surface area contributed by atoms with E-state index in [0.29, 0.717) is 15.9 Å². The number of nitrogens with one attached hydrogen (secondary N) is 1. The summed E-state index contributed by atoms with van der Waals surface area (Å²) in [5, 5.41) is 17.4. The van der Waals surface area contributed by atoms with Gasteiger partial charge in [-0.25, -0.2) is 4.98 Å². The van der Waals surface area contributed by atoms with E-state index in [1.165, 1.54) is 25.3 Å². The third-order valence-corrected chi connectivity index (χ3v) is 3.87. The van der Waals surface area contributed by atoms with Crippen molar-refractivity contribution < 1.29 is 19.0 Å². The van der Waals surface area contributed by atoms with Crippen molar-refractivity contribution in [3.8, 4) is 5.75 Å². The number of aryl methyl sites for hydroxylation is 1. The molecule has 0 radical (unpaired) electrons. The van der Waals surface area contributed by atoms with Gasteiger partial charge in [-0.2, -0.15) is 0 Å². The monoisotopic (exact) mass is 334 g/mol. The quantitative estimate of drug-likeness (QED) is 0.575. The van der Waals surface area contributed by atoms with Gasteiger partial charge >= 0.3 is 0 Å². The molecule has 0 aliphatic rings. The zero-order valence-electron chi connectivity index (χ0n) is 12.0. The van der Waals surface area contributed by atoms with Gasteiger partial charge in [0.05, 0.1) is 28.5 Å². The molecule has 0 aliphatic carbocycles. The number of hydrogen-bond acceptors (Lipinski definition) is 8. The number of methoxy groups -OCH3 is 1. The van der Waals surface area contributed by atoms with Crippen LogP contribution in [-0.4, -0.2) is 28.1 Å². The maximum absolute atomic E-state index is 12.0. The molecular weight excluding hydrogens is 324 g/mol. The second-order valence-electron chi connectivity index (χ2n) is 4.56. The van der Waals surface area contributed by atoms with Crippen LogP contribution in [0, 0.1) is 17.0 Å². The molecule has 1 N–H and O–H groups in total. The van der Waals surface area contributed by atoms with Gasteiger partial charge in [-0.1, -0.05) is 16.5 Å². The molecule has 2 heterocycles. The highest BCUT2D eigenvalue weighted by molar-refractivity contribution is 7.22. The van der Waals surface area contributed by atoms with Crippen molar-refractivity contribution in [1.82, 2.24) is 10.1 Å². The Hall–Kier alpha value is -3.01. The lowest BCUT2D eigenvalue weighted by Gasteiger charge is -2.00. The molecule has 3 rings (SSSR count). The number of carbonyl (C=O) groups excluding carboxylic acids is 1. The van der Waals surface area contributed by atoms with Crippen LogP contribution >= 0.6 is 11.3 Å². The predicted molar refractivity (Wildman–Crippen MR) is 82.0 cm³/mol. The molecule has 3 aromatic rings.